The van der Waals surface area contributed by atoms with Gasteiger partial charge in [-0.1, -0.05) is 26.0 Å². The quantitative estimate of drug-likeness (QED) is 0.754. The fraction of sp³-hybridized carbons (Fsp3) is 0.222. The first kappa shape index (κ1) is 13.6. The molecule has 0 saturated carbocycles. The predicted octanol–water partition coefficient (Wildman–Crippen LogP) is 4.43. The van der Waals surface area contributed by atoms with Crippen LogP contribution >= 0.6 is 0 Å². The maximum atomic E-state index is 10.1. The molecule has 2 heterocycles. The highest BCUT2D eigenvalue weighted by molar-refractivity contribution is 5.86. The second kappa shape index (κ2) is 5.17. The Labute approximate surface area is 124 Å². The van der Waals surface area contributed by atoms with Crippen molar-refractivity contribution in [1.82, 2.24) is 9.97 Å². The second-order valence-electron chi connectivity index (χ2n) is 5.64. The molecule has 3 rings (SSSR count). The molecule has 21 heavy (non-hydrogen) atoms. The Balaban J connectivity index is 2.10. The number of aromatic hydroxyl groups is 1. The van der Waals surface area contributed by atoms with E-state index < -0.39 is 0 Å². The Morgan fingerprint density at radius 2 is 1.81 bits per heavy atom. The lowest BCUT2D eigenvalue weighted by Crippen LogP contribution is -1.93. The van der Waals surface area contributed by atoms with Gasteiger partial charge in [-0.25, -0.2) is 0 Å². The number of nitrogens with zero attached hydrogens (tertiary/aromatic N) is 2. The molecule has 106 valence electrons. The minimum Gasteiger partial charge on any atom is -0.506 e. The van der Waals surface area contributed by atoms with E-state index in [2.05, 4.69) is 23.0 Å². The Kier molecular flexibility index (Phi) is 3.34. The molecular weight excluding hydrogens is 260 g/mol. The van der Waals surface area contributed by atoms with Crippen LogP contribution in [-0.2, 0) is 0 Å². The molecule has 3 heteroatoms. The molecule has 0 unspecified atom stereocenters. The fourth-order valence-corrected chi connectivity index (χ4v) is 2.54. The highest BCUT2D eigenvalue weighted by atomic mass is 16.3. The molecule has 0 fully saturated rings. The van der Waals surface area contributed by atoms with Gasteiger partial charge in [0, 0.05) is 23.3 Å². The molecule has 3 nitrogen and oxygen atoms in total. The van der Waals surface area contributed by atoms with E-state index in [4.69, 9.17) is 0 Å². The van der Waals surface area contributed by atoms with E-state index in [1.165, 1.54) is 5.56 Å². The summed E-state index contributed by atoms with van der Waals surface area (Å²) >= 11 is 0. The van der Waals surface area contributed by atoms with Crippen molar-refractivity contribution in [2.24, 2.45) is 0 Å². The number of hydrogen-bond acceptors (Lipinski definition) is 3. The molecule has 1 aromatic carbocycles. The third-order valence-electron chi connectivity index (χ3n) is 3.74. The maximum absolute atomic E-state index is 10.1. The van der Waals surface area contributed by atoms with E-state index >= 15 is 0 Å². The van der Waals surface area contributed by atoms with Crippen LogP contribution in [-0.4, -0.2) is 15.1 Å². The average Bonchev–Trinajstić information content (AvgIpc) is 2.46. The molecule has 0 aliphatic heterocycles. The first-order valence-corrected chi connectivity index (χ1v) is 7.11. The average molecular weight is 278 g/mol. The molecule has 0 radical (unpaired) electrons. The molecular formula is C18H18N2O. The first-order chi connectivity index (χ1) is 10.1. The van der Waals surface area contributed by atoms with Crippen LogP contribution in [0.5, 0.6) is 5.75 Å². The van der Waals surface area contributed by atoms with Gasteiger partial charge in [-0.05, 0) is 42.2 Å². The van der Waals surface area contributed by atoms with Gasteiger partial charge in [-0.3, -0.25) is 9.97 Å². The van der Waals surface area contributed by atoms with Gasteiger partial charge in [0.25, 0.3) is 0 Å². The summed E-state index contributed by atoms with van der Waals surface area (Å²) in [6.45, 7) is 6.11. The Morgan fingerprint density at radius 1 is 1.00 bits per heavy atom. The Morgan fingerprint density at radius 3 is 2.52 bits per heavy atom. The summed E-state index contributed by atoms with van der Waals surface area (Å²) in [5.74, 6) is 0.458. The number of pyridine rings is 2. The molecule has 0 aliphatic rings. The van der Waals surface area contributed by atoms with Crippen LogP contribution in [0.25, 0.3) is 22.0 Å². The van der Waals surface area contributed by atoms with Crippen LogP contribution in [0.1, 0.15) is 31.0 Å². The van der Waals surface area contributed by atoms with Gasteiger partial charge >= 0.3 is 0 Å². The minimum atomic E-state index is 0.208. The van der Waals surface area contributed by atoms with E-state index in [0.29, 0.717) is 0 Å². The number of fused-ring (bicyclic) bond motifs is 1. The van der Waals surface area contributed by atoms with Crippen molar-refractivity contribution in [3.05, 3.63) is 54.0 Å². The summed E-state index contributed by atoms with van der Waals surface area (Å²) in [5.41, 5.74) is 4.82. The van der Waals surface area contributed by atoms with Gasteiger partial charge in [0.2, 0.25) is 0 Å². The lowest BCUT2D eigenvalue weighted by molar-refractivity contribution is 0.460. The summed E-state index contributed by atoms with van der Waals surface area (Å²) in [6, 6.07) is 9.93. The van der Waals surface area contributed by atoms with Crippen LogP contribution in [0.3, 0.4) is 0 Å². The second-order valence-corrected chi connectivity index (χ2v) is 5.64. The number of aromatic nitrogens is 2. The Hall–Kier alpha value is -2.42. The van der Waals surface area contributed by atoms with Gasteiger partial charge in [-0.2, -0.15) is 0 Å². The highest BCUT2D eigenvalue weighted by Crippen LogP contribution is 2.30. The molecule has 2 aromatic heterocycles. The van der Waals surface area contributed by atoms with Gasteiger partial charge in [0.05, 0.1) is 11.2 Å². The summed E-state index contributed by atoms with van der Waals surface area (Å²) < 4.78 is 0. The number of aryl methyl sites for hydroxylation is 1. The third-order valence-corrected chi connectivity index (χ3v) is 3.74. The first-order valence-electron chi connectivity index (χ1n) is 7.11. The lowest BCUT2D eigenvalue weighted by atomic mass is 10.0. The number of rotatable bonds is 2. The van der Waals surface area contributed by atoms with Crippen molar-refractivity contribution < 1.29 is 5.11 Å². The molecule has 0 saturated heterocycles. The molecule has 1 N–H and O–H groups in total. The maximum Gasteiger partial charge on any atom is 0.137 e. The summed E-state index contributed by atoms with van der Waals surface area (Å²) in [4.78, 5) is 8.79. The van der Waals surface area contributed by atoms with Crippen LogP contribution in [0.4, 0.5) is 0 Å². The highest BCUT2D eigenvalue weighted by Gasteiger charge is 2.10. The van der Waals surface area contributed by atoms with E-state index in [-0.39, 0.29) is 11.7 Å². The van der Waals surface area contributed by atoms with Gasteiger partial charge < -0.3 is 5.11 Å². The molecule has 0 amide bonds. The molecule has 3 aromatic rings. The topological polar surface area (TPSA) is 46.0 Å². The van der Waals surface area contributed by atoms with Crippen LogP contribution < -0.4 is 0 Å². The monoisotopic (exact) mass is 278 g/mol. The SMILES string of the molecule is Cc1ccnc2cc(-c3cnc(C(C)C)c(O)c3)ccc12. The zero-order chi connectivity index (χ0) is 15.0. The lowest BCUT2D eigenvalue weighted by Gasteiger charge is -2.10. The van der Waals surface area contributed by atoms with Crippen molar-refractivity contribution in [2.45, 2.75) is 26.7 Å². The minimum absolute atomic E-state index is 0.208. The van der Waals surface area contributed by atoms with E-state index in [0.717, 1.165) is 27.7 Å². The predicted molar refractivity (Wildman–Crippen MR) is 85.5 cm³/mol. The van der Waals surface area contributed by atoms with Crippen molar-refractivity contribution in [3.63, 3.8) is 0 Å². The number of benzene rings is 1. The van der Waals surface area contributed by atoms with E-state index in [1.807, 2.05) is 44.4 Å². The fourth-order valence-electron chi connectivity index (χ4n) is 2.54. The van der Waals surface area contributed by atoms with Crippen LogP contribution in [0, 0.1) is 6.92 Å². The normalized spacial score (nSPS) is 11.2. The van der Waals surface area contributed by atoms with Gasteiger partial charge in [0.1, 0.15) is 5.75 Å². The van der Waals surface area contributed by atoms with Crippen molar-refractivity contribution >= 4 is 10.9 Å². The molecule has 0 spiro atoms. The van der Waals surface area contributed by atoms with Gasteiger partial charge in [-0.15, -0.1) is 0 Å². The van der Waals surface area contributed by atoms with E-state index in [1.54, 1.807) is 6.07 Å². The smallest absolute Gasteiger partial charge is 0.137 e. The van der Waals surface area contributed by atoms with Crippen molar-refractivity contribution in [1.29, 1.82) is 0 Å². The zero-order valence-corrected chi connectivity index (χ0v) is 12.5. The summed E-state index contributed by atoms with van der Waals surface area (Å²) in [6.07, 6.45) is 3.63. The zero-order valence-electron chi connectivity index (χ0n) is 12.5. The van der Waals surface area contributed by atoms with Gasteiger partial charge in [0.15, 0.2) is 0 Å². The van der Waals surface area contributed by atoms with Crippen LogP contribution in [0.15, 0.2) is 42.7 Å². The standard InChI is InChI=1S/C18H18N2O/c1-11(2)18-17(21)9-14(10-20-18)13-4-5-15-12(3)6-7-19-16(15)8-13/h4-11,21H,1-3H3. The van der Waals surface area contributed by atoms with Crippen LogP contribution in [0.2, 0.25) is 0 Å². The molecule has 0 atom stereocenters. The largest absolute Gasteiger partial charge is 0.506 e. The van der Waals surface area contributed by atoms with Crippen molar-refractivity contribution in [2.75, 3.05) is 0 Å². The van der Waals surface area contributed by atoms with E-state index in [9.17, 15) is 5.11 Å². The van der Waals surface area contributed by atoms with Crippen molar-refractivity contribution in [3.8, 4) is 16.9 Å². The summed E-state index contributed by atoms with van der Waals surface area (Å²) in [7, 11) is 0. The Bertz CT molecular complexity index is 809. The summed E-state index contributed by atoms with van der Waals surface area (Å²) in [5, 5.41) is 11.3. The molecule has 0 bridgehead atoms. The molecule has 0 aliphatic carbocycles. The number of hydrogen-bond donors (Lipinski definition) is 1. The third kappa shape index (κ3) is 2.47.